The maximum atomic E-state index is 11.8. The molecule has 0 aliphatic rings. The quantitative estimate of drug-likeness (QED) is 0.637. The Balaban J connectivity index is 4.46. The molecule has 0 radical (unpaired) electrons. The third-order valence-corrected chi connectivity index (χ3v) is 2.82. The van der Waals surface area contributed by atoms with Gasteiger partial charge < -0.3 is 4.90 Å². The van der Waals surface area contributed by atoms with Gasteiger partial charge in [-0.15, -0.1) is 0 Å². The molecule has 0 aliphatic heterocycles. The molecule has 0 saturated heterocycles. The number of hydrogen-bond acceptors (Lipinski definition) is 1. The predicted molar refractivity (Wildman–Crippen MR) is 51.9 cm³/mol. The highest BCUT2D eigenvalue weighted by molar-refractivity contribution is 5.81. The normalized spacial score (nSPS) is 11.9. The largest absolute Gasteiger partial charge is 0.346 e. The summed E-state index contributed by atoms with van der Waals surface area (Å²) < 4.78 is 0. The third-order valence-electron chi connectivity index (χ3n) is 2.82. The van der Waals surface area contributed by atoms with E-state index in [1.54, 1.807) is 4.90 Å². The molecule has 0 aromatic heterocycles. The van der Waals surface area contributed by atoms with E-state index in [1.165, 1.54) is 0 Å². The van der Waals surface area contributed by atoms with E-state index in [9.17, 15) is 4.79 Å². The average Bonchev–Trinajstić information content (AvgIpc) is 2.01. The number of amides is 1. The Morgan fingerprint density at radius 3 is 2.08 bits per heavy atom. The predicted octanol–water partition coefficient (Wildman–Crippen LogP) is 2.15. The number of rotatable bonds is 3. The Hall–Kier alpha value is -0.530. The number of nitrogens with zero attached hydrogens (tertiary/aromatic N) is 1. The monoisotopic (exact) mass is 171 g/mol. The van der Waals surface area contributed by atoms with Crippen LogP contribution in [0.15, 0.2) is 0 Å². The molecule has 0 unspecified atom stereocenters. The molecule has 0 bridgehead atoms. The summed E-state index contributed by atoms with van der Waals surface area (Å²) in [5, 5.41) is 0. The van der Waals surface area contributed by atoms with Gasteiger partial charge in [-0.1, -0.05) is 27.7 Å². The van der Waals surface area contributed by atoms with Crippen LogP contribution in [0.1, 0.15) is 34.6 Å². The van der Waals surface area contributed by atoms with E-state index in [4.69, 9.17) is 0 Å². The number of carbonyl (C=O) groups is 1. The zero-order valence-electron chi connectivity index (χ0n) is 9.14. The number of hydrogen-bond donors (Lipinski definition) is 0. The molecule has 0 atom stereocenters. The molecule has 2 heteroatoms. The van der Waals surface area contributed by atoms with Crippen molar-refractivity contribution in [2.24, 2.45) is 11.3 Å². The Morgan fingerprint density at radius 2 is 1.83 bits per heavy atom. The molecule has 0 aliphatic carbocycles. The summed E-state index contributed by atoms with van der Waals surface area (Å²) in [6.07, 6.45) is 0. The van der Waals surface area contributed by atoms with Crippen molar-refractivity contribution in [1.29, 1.82) is 0 Å². The highest BCUT2D eigenvalue weighted by Crippen LogP contribution is 2.27. The lowest BCUT2D eigenvalue weighted by atomic mass is 9.80. The summed E-state index contributed by atoms with van der Waals surface area (Å²) in [6, 6.07) is 0. The summed E-state index contributed by atoms with van der Waals surface area (Å²) in [5.74, 6) is 0.624. The van der Waals surface area contributed by atoms with E-state index in [0.717, 1.165) is 6.54 Å². The van der Waals surface area contributed by atoms with Crippen LogP contribution in [0.5, 0.6) is 0 Å². The Kier molecular flexibility index (Phi) is 3.75. The average molecular weight is 171 g/mol. The van der Waals surface area contributed by atoms with Gasteiger partial charge in [0.25, 0.3) is 0 Å². The minimum atomic E-state index is -0.231. The molecule has 0 aromatic rings. The highest BCUT2D eigenvalue weighted by Gasteiger charge is 2.32. The lowest BCUT2D eigenvalue weighted by molar-refractivity contribution is -0.141. The van der Waals surface area contributed by atoms with E-state index in [0.29, 0.717) is 5.92 Å². The number of carbonyl (C=O) groups excluding carboxylic acids is 1. The van der Waals surface area contributed by atoms with E-state index in [1.807, 2.05) is 27.8 Å². The smallest absolute Gasteiger partial charge is 0.228 e. The first-order valence-electron chi connectivity index (χ1n) is 4.59. The molecule has 1 amide bonds. The van der Waals surface area contributed by atoms with Crippen molar-refractivity contribution < 1.29 is 4.79 Å². The Morgan fingerprint density at radius 1 is 1.42 bits per heavy atom. The fraction of sp³-hybridized carbons (Fsp3) is 0.900. The first-order chi connectivity index (χ1) is 5.34. The lowest BCUT2D eigenvalue weighted by Gasteiger charge is -2.31. The van der Waals surface area contributed by atoms with Crippen molar-refractivity contribution in [3.05, 3.63) is 0 Å². The van der Waals surface area contributed by atoms with Crippen LogP contribution in [0, 0.1) is 11.3 Å². The van der Waals surface area contributed by atoms with Crippen LogP contribution in [-0.4, -0.2) is 24.4 Å². The second kappa shape index (κ2) is 3.92. The van der Waals surface area contributed by atoms with Crippen molar-refractivity contribution in [2.45, 2.75) is 34.6 Å². The van der Waals surface area contributed by atoms with Crippen LogP contribution >= 0.6 is 0 Å². The molecule has 0 fully saturated rings. The third kappa shape index (κ3) is 2.23. The van der Waals surface area contributed by atoms with E-state index >= 15 is 0 Å². The summed E-state index contributed by atoms with van der Waals surface area (Å²) in [4.78, 5) is 13.5. The molecular formula is C10H21NO. The summed E-state index contributed by atoms with van der Waals surface area (Å²) in [7, 11) is 1.85. The minimum absolute atomic E-state index is 0.231. The van der Waals surface area contributed by atoms with Crippen molar-refractivity contribution in [3.63, 3.8) is 0 Å². The molecule has 72 valence electrons. The molecular weight excluding hydrogens is 150 g/mol. The van der Waals surface area contributed by atoms with Crippen molar-refractivity contribution in [2.75, 3.05) is 13.6 Å². The van der Waals surface area contributed by atoms with Crippen molar-refractivity contribution in [3.8, 4) is 0 Å². The van der Waals surface area contributed by atoms with Crippen LogP contribution in [0.3, 0.4) is 0 Å². The van der Waals surface area contributed by atoms with Crippen LogP contribution in [0.4, 0.5) is 0 Å². The Bertz CT molecular complexity index is 161. The first-order valence-corrected chi connectivity index (χ1v) is 4.59. The van der Waals surface area contributed by atoms with Gasteiger partial charge in [0.05, 0.1) is 0 Å². The van der Waals surface area contributed by atoms with Crippen LogP contribution in [0.2, 0.25) is 0 Å². The van der Waals surface area contributed by atoms with Crippen LogP contribution in [0.25, 0.3) is 0 Å². The van der Waals surface area contributed by atoms with Gasteiger partial charge >= 0.3 is 0 Å². The zero-order chi connectivity index (χ0) is 9.94. The molecule has 0 saturated carbocycles. The maximum absolute atomic E-state index is 11.8. The van der Waals surface area contributed by atoms with Crippen molar-refractivity contribution >= 4 is 5.91 Å². The second-order valence-electron chi connectivity index (χ2n) is 4.20. The van der Waals surface area contributed by atoms with Gasteiger partial charge in [0.15, 0.2) is 0 Å². The second-order valence-corrected chi connectivity index (χ2v) is 4.20. The van der Waals surface area contributed by atoms with Gasteiger partial charge in [-0.05, 0) is 12.8 Å². The fourth-order valence-corrected chi connectivity index (χ4v) is 0.882. The first kappa shape index (κ1) is 11.5. The van der Waals surface area contributed by atoms with E-state index in [-0.39, 0.29) is 11.3 Å². The van der Waals surface area contributed by atoms with Gasteiger partial charge in [0.2, 0.25) is 5.91 Å². The Labute approximate surface area is 75.9 Å². The minimum Gasteiger partial charge on any atom is -0.346 e. The summed E-state index contributed by atoms with van der Waals surface area (Å²) >= 11 is 0. The summed E-state index contributed by atoms with van der Waals surface area (Å²) in [6.45, 7) is 11.0. The maximum Gasteiger partial charge on any atom is 0.228 e. The van der Waals surface area contributed by atoms with E-state index < -0.39 is 0 Å². The zero-order valence-corrected chi connectivity index (χ0v) is 9.14. The van der Waals surface area contributed by atoms with Gasteiger partial charge in [-0.25, -0.2) is 0 Å². The standard InChI is InChI=1S/C10H21NO/c1-7-11(6)9(12)10(4,5)8(2)3/h8H,7H2,1-6H3. The highest BCUT2D eigenvalue weighted by atomic mass is 16.2. The van der Waals surface area contributed by atoms with Gasteiger partial charge in [0, 0.05) is 19.0 Å². The van der Waals surface area contributed by atoms with Crippen LogP contribution in [-0.2, 0) is 4.79 Å². The lowest BCUT2D eigenvalue weighted by Crippen LogP contribution is -2.41. The molecule has 0 aromatic carbocycles. The molecule has 0 N–H and O–H groups in total. The molecule has 0 rings (SSSR count). The molecule has 0 heterocycles. The van der Waals surface area contributed by atoms with Gasteiger partial charge in [0.1, 0.15) is 0 Å². The van der Waals surface area contributed by atoms with E-state index in [2.05, 4.69) is 13.8 Å². The van der Waals surface area contributed by atoms with Crippen LogP contribution < -0.4 is 0 Å². The fourth-order valence-electron chi connectivity index (χ4n) is 0.882. The SMILES string of the molecule is CCN(C)C(=O)C(C)(C)C(C)C. The molecule has 2 nitrogen and oxygen atoms in total. The molecule has 0 spiro atoms. The van der Waals surface area contributed by atoms with Gasteiger partial charge in [-0.3, -0.25) is 4.79 Å². The molecule has 12 heavy (non-hydrogen) atoms. The van der Waals surface area contributed by atoms with Gasteiger partial charge in [-0.2, -0.15) is 0 Å². The van der Waals surface area contributed by atoms with Crippen molar-refractivity contribution in [1.82, 2.24) is 4.90 Å². The topological polar surface area (TPSA) is 20.3 Å². The summed E-state index contributed by atoms with van der Waals surface area (Å²) in [5.41, 5.74) is -0.231.